The Labute approximate surface area is 187 Å². The lowest BCUT2D eigenvalue weighted by atomic mass is 10.1. The third-order valence-corrected chi connectivity index (χ3v) is 5.38. The molecule has 1 unspecified atom stereocenters. The van der Waals surface area contributed by atoms with Crippen molar-refractivity contribution < 1.29 is 0 Å². The maximum absolute atomic E-state index is 4.74. The van der Waals surface area contributed by atoms with Gasteiger partial charge in [0.15, 0.2) is 11.8 Å². The highest BCUT2D eigenvalue weighted by molar-refractivity contribution is 14.0. The molecule has 2 aromatic rings. The molecule has 1 aliphatic heterocycles. The van der Waals surface area contributed by atoms with Crippen molar-refractivity contribution in [1.82, 2.24) is 40.2 Å². The van der Waals surface area contributed by atoms with Crippen molar-refractivity contribution in [2.45, 2.75) is 52.2 Å². The Morgan fingerprint density at radius 2 is 2.14 bits per heavy atom. The van der Waals surface area contributed by atoms with Crippen LogP contribution in [0.2, 0.25) is 0 Å². The number of aliphatic imine (C=N–C) groups is 1. The Balaban J connectivity index is 0.00000280. The summed E-state index contributed by atoms with van der Waals surface area (Å²) in [4.78, 5) is 9.22. The SMILES string of the molecule is CSCCCNC(=NCc1nnc(C)n1C)NC1CCc2nc(C)nn2C1.I. The summed E-state index contributed by atoms with van der Waals surface area (Å²) in [6.07, 6.45) is 5.18. The molecule has 11 heteroatoms. The van der Waals surface area contributed by atoms with Gasteiger partial charge in [-0.15, -0.1) is 34.2 Å². The molecule has 1 atom stereocenters. The largest absolute Gasteiger partial charge is 0.356 e. The highest BCUT2D eigenvalue weighted by Gasteiger charge is 2.21. The molecular weight excluding hydrogens is 489 g/mol. The molecule has 28 heavy (non-hydrogen) atoms. The molecule has 0 fully saturated rings. The van der Waals surface area contributed by atoms with E-state index in [4.69, 9.17) is 4.99 Å². The van der Waals surface area contributed by atoms with Gasteiger partial charge in [0.2, 0.25) is 0 Å². The first-order valence-electron chi connectivity index (χ1n) is 9.35. The predicted octanol–water partition coefficient (Wildman–Crippen LogP) is 1.44. The van der Waals surface area contributed by atoms with Crippen LogP contribution in [0, 0.1) is 13.8 Å². The third kappa shape index (κ3) is 6.06. The van der Waals surface area contributed by atoms with Crippen molar-refractivity contribution in [1.29, 1.82) is 0 Å². The molecule has 0 saturated carbocycles. The number of guanidine groups is 1. The fourth-order valence-electron chi connectivity index (χ4n) is 3.06. The van der Waals surface area contributed by atoms with Gasteiger partial charge in [0.25, 0.3) is 0 Å². The second kappa shape index (κ2) is 11.0. The first-order valence-corrected chi connectivity index (χ1v) is 10.7. The number of rotatable bonds is 7. The van der Waals surface area contributed by atoms with Gasteiger partial charge in [-0.25, -0.2) is 14.7 Å². The van der Waals surface area contributed by atoms with E-state index < -0.39 is 0 Å². The fourth-order valence-corrected chi connectivity index (χ4v) is 3.49. The topological polar surface area (TPSA) is 97.8 Å². The summed E-state index contributed by atoms with van der Waals surface area (Å²) in [5.74, 6) is 5.62. The Bertz CT molecular complexity index is 786. The summed E-state index contributed by atoms with van der Waals surface area (Å²) in [6.45, 7) is 6.09. The molecule has 0 radical (unpaired) electrons. The van der Waals surface area contributed by atoms with Gasteiger partial charge in [-0.05, 0) is 38.7 Å². The zero-order chi connectivity index (χ0) is 19.2. The molecule has 2 aromatic heterocycles. The second-order valence-electron chi connectivity index (χ2n) is 6.80. The van der Waals surface area contributed by atoms with Crippen molar-refractivity contribution in [3.05, 3.63) is 23.3 Å². The van der Waals surface area contributed by atoms with Gasteiger partial charge in [-0.2, -0.15) is 16.9 Å². The molecule has 0 bridgehead atoms. The summed E-state index contributed by atoms with van der Waals surface area (Å²) in [7, 11) is 1.97. The summed E-state index contributed by atoms with van der Waals surface area (Å²) < 4.78 is 3.98. The first-order chi connectivity index (χ1) is 13.1. The van der Waals surface area contributed by atoms with Crippen LogP contribution >= 0.6 is 35.7 Å². The van der Waals surface area contributed by atoms with E-state index in [0.29, 0.717) is 6.54 Å². The average Bonchev–Trinajstić information content (AvgIpc) is 3.18. The minimum Gasteiger partial charge on any atom is -0.356 e. The van der Waals surface area contributed by atoms with Crippen LogP contribution in [0.15, 0.2) is 4.99 Å². The van der Waals surface area contributed by atoms with Crippen LogP contribution in [0.3, 0.4) is 0 Å². The molecule has 3 heterocycles. The van der Waals surface area contributed by atoms with Gasteiger partial charge < -0.3 is 15.2 Å². The fraction of sp³-hybridized carbons (Fsp3) is 0.706. The molecule has 0 saturated heterocycles. The van der Waals surface area contributed by atoms with Crippen LogP contribution in [-0.2, 0) is 26.6 Å². The zero-order valence-corrected chi connectivity index (χ0v) is 20.1. The van der Waals surface area contributed by atoms with E-state index in [1.807, 2.05) is 41.9 Å². The van der Waals surface area contributed by atoms with E-state index in [0.717, 1.165) is 67.4 Å². The quantitative estimate of drug-likeness (QED) is 0.247. The lowest BCUT2D eigenvalue weighted by Crippen LogP contribution is -2.47. The number of halogens is 1. The van der Waals surface area contributed by atoms with Crippen LogP contribution in [-0.4, -0.2) is 60.1 Å². The van der Waals surface area contributed by atoms with Crippen molar-refractivity contribution in [2.24, 2.45) is 12.0 Å². The number of hydrogen-bond acceptors (Lipinski definition) is 6. The van der Waals surface area contributed by atoms with Crippen LogP contribution in [0.25, 0.3) is 0 Å². The second-order valence-corrected chi connectivity index (χ2v) is 7.78. The van der Waals surface area contributed by atoms with Crippen LogP contribution in [0.5, 0.6) is 0 Å². The van der Waals surface area contributed by atoms with Gasteiger partial charge in [0, 0.05) is 26.1 Å². The maximum Gasteiger partial charge on any atom is 0.191 e. The number of aromatic nitrogens is 6. The van der Waals surface area contributed by atoms with Gasteiger partial charge in [0.1, 0.15) is 24.0 Å². The van der Waals surface area contributed by atoms with E-state index in [2.05, 4.69) is 37.2 Å². The summed E-state index contributed by atoms with van der Waals surface area (Å²) in [5, 5.41) is 19.8. The minimum atomic E-state index is 0. The van der Waals surface area contributed by atoms with Gasteiger partial charge >= 0.3 is 0 Å². The lowest BCUT2D eigenvalue weighted by Gasteiger charge is -2.25. The Kier molecular flexibility index (Phi) is 8.99. The van der Waals surface area contributed by atoms with Crippen LogP contribution < -0.4 is 10.6 Å². The molecule has 0 aliphatic carbocycles. The van der Waals surface area contributed by atoms with E-state index >= 15 is 0 Å². The number of nitrogens with one attached hydrogen (secondary N) is 2. The molecule has 2 N–H and O–H groups in total. The summed E-state index contributed by atoms with van der Waals surface area (Å²) in [5.41, 5.74) is 0. The molecule has 0 spiro atoms. The number of aryl methyl sites for hydroxylation is 3. The Morgan fingerprint density at radius 3 is 2.86 bits per heavy atom. The normalized spacial score (nSPS) is 16.4. The third-order valence-electron chi connectivity index (χ3n) is 4.68. The van der Waals surface area contributed by atoms with Crippen molar-refractivity contribution in [3.63, 3.8) is 0 Å². The predicted molar refractivity (Wildman–Crippen MR) is 123 cm³/mol. The minimum absolute atomic E-state index is 0. The van der Waals surface area contributed by atoms with Gasteiger partial charge in [-0.3, -0.25) is 0 Å². The van der Waals surface area contributed by atoms with E-state index in [9.17, 15) is 0 Å². The standard InChI is InChI=1S/C17H29N9S.HI/c1-12-20-15-7-6-14(11-26(15)24-12)21-17(18-8-5-9-27-4)19-10-16-23-22-13(2)25(16)3;/h14H,5-11H2,1-4H3,(H2,18,19,21);1H. The number of thioether (sulfide) groups is 1. The number of hydrogen-bond donors (Lipinski definition) is 2. The van der Waals surface area contributed by atoms with E-state index in [-0.39, 0.29) is 30.0 Å². The van der Waals surface area contributed by atoms with Gasteiger partial charge in [-0.1, -0.05) is 0 Å². The molecule has 0 amide bonds. The van der Waals surface area contributed by atoms with Crippen LogP contribution in [0.4, 0.5) is 0 Å². The van der Waals surface area contributed by atoms with E-state index in [1.165, 1.54) is 0 Å². The molecular formula is C17H30IN9S. The number of fused-ring (bicyclic) bond motifs is 1. The molecule has 3 rings (SSSR count). The molecule has 1 aliphatic rings. The van der Waals surface area contributed by atoms with Crippen molar-refractivity contribution >= 4 is 41.7 Å². The number of nitrogens with zero attached hydrogens (tertiary/aromatic N) is 7. The van der Waals surface area contributed by atoms with Gasteiger partial charge in [0.05, 0.1) is 6.54 Å². The molecule has 9 nitrogen and oxygen atoms in total. The molecule has 0 aromatic carbocycles. The summed E-state index contributed by atoms with van der Waals surface area (Å²) in [6, 6.07) is 0.284. The Morgan fingerprint density at radius 1 is 1.32 bits per heavy atom. The smallest absolute Gasteiger partial charge is 0.191 e. The molecule has 156 valence electrons. The monoisotopic (exact) mass is 519 g/mol. The average molecular weight is 519 g/mol. The van der Waals surface area contributed by atoms with Crippen molar-refractivity contribution in [2.75, 3.05) is 18.6 Å². The lowest BCUT2D eigenvalue weighted by molar-refractivity contribution is 0.392. The maximum atomic E-state index is 4.74. The highest BCUT2D eigenvalue weighted by atomic mass is 127. The summed E-state index contributed by atoms with van der Waals surface area (Å²) >= 11 is 1.86. The van der Waals surface area contributed by atoms with E-state index in [1.54, 1.807) is 0 Å². The Hall–Kier alpha value is -1.37. The highest BCUT2D eigenvalue weighted by Crippen LogP contribution is 2.13. The van der Waals surface area contributed by atoms with Crippen molar-refractivity contribution in [3.8, 4) is 0 Å². The zero-order valence-electron chi connectivity index (χ0n) is 17.0. The first kappa shape index (κ1) is 22.9. The van der Waals surface area contributed by atoms with Crippen LogP contribution in [0.1, 0.15) is 36.1 Å².